The Labute approximate surface area is 147 Å². The first-order chi connectivity index (χ1) is 11.7. The van der Waals surface area contributed by atoms with Gasteiger partial charge >= 0.3 is 0 Å². The van der Waals surface area contributed by atoms with Crippen molar-refractivity contribution in [1.29, 1.82) is 0 Å². The molecule has 0 fully saturated rings. The molecule has 2 unspecified atom stereocenters. The van der Waals surface area contributed by atoms with Gasteiger partial charge in [0.1, 0.15) is 5.69 Å². The van der Waals surface area contributed by atoms with E-state index in [1.807, 2.05) is 30.3 Å². The second kappa shape index (κ2) is 5.91. The molecule has 2 aromatic carbocycles. The minimum Gasteiger partial charge on any atom is -0.346 e. The van der Waals surface area contributed by atoms with E-state index < -0.39 is 5.72 Å². The van der Waals surface area contributed by atoms with E-state index in [1.165, 1.54) is 5.84 Å². The van der Waals surface area contributed by atoms with Crippen LogP contribution in [0.1, 0.15) is 31.7 Å². The topological polar surface area (TPSA) is 26.5 Å². The minimum absolute atomic E-state index is 0.0172. The van der Waals surface area contributed by atoms with Crippen LogP contribution in [0, 0.1) is 0 Å². The van der Waals surface area contributed by atoms with Crippen molar-refractivity contribution >= 4 is 23.1 Å². The molecule has 0 saturated heterocycles. The SMILES string of the molecule is CCC1N(c2ccccc2)C2=[N+](CCC2)C1(O)c1ccc(Cl)cc1. The van der Waals surface area contributed by atoms with Gasteiger partial charge in [0.05, 0.1) is 13.0 Å². The molecule has 0 saturated carbocycles. The maximum Gasteiger partial charge on any atom is 0.273 e. The third-order valence-corrected chi connectivity index (χ3v) is 5.50. The lowest BCUT2D eigenvalue weighted by molar-refractivity contribution is -0.658. The first-order valence-corrected chi connectivity index (χ1v) is 9.00. The lowest BCUT2D eigenvalue weighted by atomic mass is 9.92. The summed E-state index contributed by atoms with van der Waals surface area (Å²) < 4.78 is 2.19. The molecule has 24 heavy (non-hydrogen) atoms. The van der Waals surface area contributed by atoms with Crippen molar-refractivity contribution in [3.8, 4) is 0 Å². The van der Waals surface area contributed by atoms with Crippen LogP contribution in [0.3, 0.4) is 0 Å². The van der Waals surface area contributed by atoms with Gasteiger partial charge in [0.25, 0.3) is 11.6 Å². The molecule has 0 spiro atoms. The quantitative estimate of drug-likeness (QED) is 0.854. The normalized spacial score (nSPS) is 26.1. The summed E-state index contributed by atoms with van der Waals surface area (Å²) in [7, 11) is 0. The van der Waals surface area contributed by atoms with E-state index in [4.69, 9.17) is 11.6 Å². The van der Waals surface area contributed by atoms with Gasteiger partial charge in [0.2, 0.25) is 0 Å². The maximum atomic E-state index is 11.8. The first kappa shape index (κ1) is 15.7. The summed E-state index contributed by atoms with van der Waals surface area (Å²) in [4.78, 5) is 2.33. The summed E-state index contributed by atoms with van der Waals surface area (Å²) in [5.41, 5.74) is 1.05. The van der Waals surface area contributed by atoms with Crippen LogP contribution in [0.15, 0.2) is 54.6 Å². The summed E-state index contributed by atoms with van der Waals surface area (Å²) in [5, 5.41) is 12.5. The number of hydrogen-bond acceptors (Lipinski definition) is 2. The average Bonchev–Trinajstić information content (AvgIpc) is 3.17. The Hall–Kier alpha value is -1.84. The monoisotopic (exact) mass is 341 g/mol. The van der Waals surface area contributed by atoms with Gasteiger partial charge in [-0.05, 0) is 37.1 Å². The molecular formula is C20H22ClN2O+. The highest BCUT2D eigenvalue weighted by molar-refractivity contribution is 6.30. The molecule has 4 heteroatoms. The van der Waals surface area contributed by atoms with Crippen molar-refractivity contribution in [1.82, 2.24) is 0 Å². The molecule has 0 aromatic heterocycles. The standard InChI is InChI=1S/C20H22ClN2O/c1-2-18-20(24,15-10-12-16(21)13-11-15)22-14-6-9-19(22)23(18)17-7-4-3-5-8-17/h3-5,7-8,10-13,18,24H,2,6,9,14H2,1H3/q+1. The van der Waals surface area contributed by atoms with E-state index >= 15 is 0 Å². The van der Waals surface area contributed by atoms with Crippen LogP contribution in [-0.4, -0.2) is 28.1 Å². The minimum atomic E-state index is -1.01. The average molecular weight is 342 g/mol. The Morgan fingerprint density at radius 3 is 2.54 bits per heavy atom. The highest BCUT2D eigenvalue weighted by atomic mass is 35.5. The van der Waals surface area contributed by atoms with Gasteiger partial charge < -0.3 is 5.11 Å². The van der Waals surface area contributed by atoms with Gasteiger partial charge in [-0.3, -0.25) is 0 Å². The van der Waals surface area contributed by atoms with E-state index in [1.54, 1.807) is 0 Å². The smallest absolute Gasteiger partial charge is 0.273 e. The zero-order valence-corrected chi connectivity index (χ0v) is 14.6. The molecule has 124 valence electrons. The fraction of sp³-hybridized carbons (Fsp3) is 0.350. The second-order valence-electron chi connectivity index (χ2n) is 6.53. The van der Waals surface area contributed by atoms with Crippen LogP contribution in [-0.2, 0) is 5.72 Å². The van der Waals surface area contributed by atoms with Crippen molar-refractivity contribution < 1.29 is 9.68 Å². The highest BCUT2D eigenvalue weighted by Gasteiger charge is 2.60. The maximum absolute atomic E-state index is 11.8. The summed E-state index contributed by atoms with van der Waals surface area (Å²) in [5.74, 6) is 1.23. The van der Waals surface area contributed by atoms with Crippen LogP contribution in [0.25, 0.3) is 0 Å². The van der Waals surface area contributed by atoms with E-state index in [9.17, 15) is 5.11 Å². The molecule has 0 amide bonds. The number of hydrogen-bond donors (Lipinski definition) is 1. The summed E-state index contributed by atoms with van der Waals surface area (Å²) in [6.45, 7) is 3.03. The fourth-order valence-electron chi connectivity index (χ4n) is 4.24. The number of para-hydroxylation sites is 1. The Morgan fingerprint density at radius 1 is 1.17 bits per heavy atom. The zero-order valence-electron chi connectivity index (χ0n) is 13.8. The van der Waals surface area contributed by atoms with Crippen LogP contribution >= 0.6 is 11.6 Å². The summed E-state index contributed by atoms with van der Waals surface area (Å²) in [6.07, 6.45) is 2.93. The molecule has 2 heterocycles. The van der Waals surface area contributed by atoms with E-state index in [-0.39, 0.29) is 6.04 Å². The molecule has 2 atom stereocenters. The Morgan fingerprint density at radius 2 is 1.88 bits per heavy atom. The number of halogens is 1. The van der Waals surface area contributed by atoms with E-state index in [0.29, 0.717) is 5.02 Å². The number of anilines is 1. The van der Waals surface area contributed by atoms with Crippen LogP contribution < -0.4 is 4.90 Å². The largest absolute Gasteiger partial charge is 0.346 e. The fourth-order valence-corrected chi connectivity index (χ4v) is 4.37. The van der Waals surface area contributed by atoms with E-state index in [2.05, 4.69) is 40.7 Å². The molecule has 1 N–H and O–H groups in total. The number of aliphatic hydroxyl groups is 1. The molecule has 2 aliphatic rings. The van der Waals surface area contributed by atoms with Gasteiger partial charge in [0, 0.05) is 10.6 Å². The van der Waals surface area contributed by atoms with Crippen LogP contribution in [0.4, 0.5) is 5.69 Å². The van der Waals surface area contributed by atoms with Crippen molar-refractivity contribution in [2.45, 2.75) is 38.0 Å². The Kier molecular flexibility index (Phi) is 3.86. The molecule has 2 aromatic rings. The third-order valence-electron chi connectivity index (χ3n) is 5.25. The summed E-state index contributed by atoms with van der Waals surface area (Å²) in [6, 6.07) is 18.0. The van der Waals surface area contributed by atoms with Crippen molar-refractivity contribution in [3.05, 3.63) is 65.2 Å². The molecule has 0 aliphatic carbocycles. The highest BCUT2D eigenvalue weighted by Crippen LogP contribution is 2.42. The number of nitrogens with zero attached hydrogens (tertiary/aromatic N) is 2. The molecular weight excluding hydrogens is 320 g/mol. The molecule has 0 bridgehead atoms. The number of benzene rings is 2. The lowest BCUT2D eigenvalue weighted by Crippen LogP contribution is -2.49. The lowest BCUT2D eigenvalue weighted by Gasteiger charge is -2.31. The van der Waals surface area contributed by atoms with Crippen molar-refractivity contribution in [2.75, 3.05) is 11.4 Å². The van der Waals surface area contributed by atoms with E-state index in [0.717, 1.165) is 37.1 Å². The number of rotatable bonds is 3. The van der Waals surface area contributed by atoms with Gasteiger partial charge in [-0.2, -0.15) is 0 Å². The molecule has 3 nitrogen and oxygen atoms in total. The van der Waals surface area contributed by atoms with Crippen molar-refractivity contribution in [3.63, 3.8) is 0 Å². The predicted octanol–water partition coefficient (Wildman–Crippen LogP) is 3.99. The predicted molar refractivity (Wildman–Crippen MR) is 97.7 cm³/mol. The van der Waals surface area contributed by atoms with Crippen molar-refractivity contribution in [2.24, 2.45) is 0 Å². The Balaban J connectivity index is 1.87. The van der Waals surface area contributed by atoms with Gasteiger partial charge in [-0.1, -0.05) is 48.9 Å². The van der Waals surface area contributed by atoms with Gasteiger partial charge in [-0.15, -0.1) is 0 Å². The van der Waals surface area contributed by atoms with Gasteiger partial charge in [0.15, 0.2) is 6.04 Å². The zero-order chi connectivity index (χ0) is 16.7. The van der Waals surface area contributed by atoms with Crippen LogP contribution in [0.5, 0.6) is 0 Å². The Bertz CT molecular complexity index is 772. The van der Waals surface area contributed by atoms with Crippen LogP contribution in [0.2, 0.25) is 5.02 Å². The molecule has 2 aliphatic heterocycles. The summed E-state index contributed by atoms with van der Waals surface area (Å²) >= 11 is 6.06. The third kappa shape index (κ3) is 2.19. The van der Waals surface area contributed by atoms with Gasteiger partial charge in [-0.25, -0.2) is 9.48 Å². The molecule has 4 rings (SSSR count). The second-order valence-corrected chi connectivity index (χ2v) is 6.97. The number of amidine groups is 1. The molecule has 0 radical (unpaired) electrons. The first-order valence-electron chi connectivity index (χ1n) is 8.62.